The maximum atomic E-state index is 13.3. The van der Waals surface area contributed by atoms with Crippen LogP contribution in [0, 0.1) is 10.1 Å². The number of hydrogen-bond donors (Lipinski definition) is 1. The second kappa shape index (κ2) is 9.79. The first-order valence-electron chi connectivity index (χ1n) is 10.7. The van der Waals surface area contributed by atoms with Crippen LogP contribution in [-0.2, 0) is 9.59 Å². The molecule has 0 radical (unpaired) electrons. The predicted octanol–water partition coefficient (Wildman–Crippen LogP) is 4.25. The summed E-state index contributed by atoms with van der Waals surface area (Å²) in [6.45, 7) is 0. The molecule has 3 aromatic rings. The molecule has 1 saturated heterocycles. The lowest BCUT2D eigenvalue weighted by Crippen LogP contribution is -2.29. The largest absolute Gasteiger partial charge is 0.507 e. The number of ether oxygens (including phenoxy) is 3. The van der Waals surface area contributed by atoms with Gasteiger partial charge in [0.1, 0.15) is 23.0 Å². The van der Waals surface area contributed by atoms with Gasteiger partial charge in [-0.2, -0.15) is 0 Å². The van der Waals surface area contributed by atoms with E-state index in [1.165, 1.54) is 50.5 Å². The Bertz CT molecular complexity index is 1360. The predicted molar refractivity (Wildman–Crippen MR) is 130 cm³/mol. The van der Waals surface area contributed by atoms with Crippen molar-refractivity contribution in [1.29, 1.82) is 0 Å². The molecule has 0 spiro atoms. The highest BCUT2D eigenvalue weighted by Gasteiger charge is 2.48. The number of hydrogen-bond acceptors (Lipinski definition) is 8. The van der Waals surface area contributed by atoms with Crippen molar-refractivity contribution in [3.05, 3.63) is 93.5 Å². The van der Waals surface area contributed by atoms with E-state index in [0.29, 0.717) is 28.5 Å². The molecule has 1 heterocycles. The van der Waals surface area contributed by atoms with Crippen LogP contribution in [0.25, 0.3) is 5.76 Å². The summed E-state index contributed by atoms with van der Waals surface area (Å²) in [5.74, 6) is -0.861. The summed E-state index contributed by atoms with van der Waals surface area (Å²) in [6.07, 6.45) is 0. The zero-order chi connectivity index (χ0) is 26.0. The number of amides is 1. The third-order valence-electron chi connectivity index (χ3n) is 5.88. The lowest BCUT2D eigenvalue weighted by Gasteiger charge is -2.27. The van der Waals surface area contributed by atoms with Crippen molar-refractivity contribution in [2.75, 3.05) is 26.2 Å². The Morgan fingerprint density at radius 3 is 2.06 bits per heavy atom. The van der Waals surface area contributed by atoms with Crippen molar-refractivity contribution < 1.29 is 33.8 Å². The van der Waals surface area contributed by atoms with Gasteiger partial charge in [-0.3, -0.25) is 24.6 Å². The van der Waals surface area contributed by atoms with E-state index in [4.69, 9.17) is 14.2 Å². The molecule has 1 fully saturated rings. The minimum absolute atomic E-state index is 0.144. The fourth-order valence-corrected chi connectivity index (χ4v) is 4.08. The Hall–Kier alpha value is -4.86. The first-order valence-corrected chi connectivity index (χ1v) is 10.7. The summed E-state index contributed by atoms with van der Waals surface area (Å²) in [5.41, 5.74) is 0.595. The number of Topliss-reactive ketones (excluding diaryl/α,β-unsaturated/α-hetero) is 1. The molecule has 3 aromatic carbocycles. The van der Waals surface area contributed by atoms with Crippen LogP contribution in [0.1, 0.15) is 17.2 Å². The molecule has 1 amide bonds. The molecular weight excluding hydrogens is 468 g/mol. The standard InChI is InChI=1S/C26H22N2O8/c1-34-18-10-8-16(9-11-18)27-23(20-13-12-19(35-2)14-21(20)36-3)22(25(30)26(27)31)24(29)15-4-6-17(7-5-15)28(32)33/h4-14,23,29H,1-3H3/t23-/m0/s1. The molecule has 0 aliphatic carbocycles. The van der Waals surface area contributed by atoms with Crippen LogP contribution in [-0.4, -0.2) is 43.0 Å². The van der Waals surface area contributed by atoms with Crippen LogP contribution in [0.2, 0.25) is 0 Å². The summed E-state index contributed by atoms with van der Waals surface area (Å²) in [6, 6.07) is 15.4. The second-order valence-corrected chi connectivity index (χ2v) is 7.78. The Kier molecular flexibility index (Phi) is 6.60. The van der Waals surface area contributed by atoms with Crippen LogP contribution in [0.5, 0.6) is 17.2 Å². The van der Waals surface area contributed by atoms with Gasteiger partial charge in [-0.05, 0) is 48.5 Å². The van der Waals surface area contributed by atoms with Gasteiger partial charge >= 0.3 is 0 Å². The Morgan fingerprint density at radius 1 is 0.889 bits per heavy atom. The van der Waals surface area contributed by atoms with Gasteiger partial charge in [0.05, 0.1) is 37.9 Å². The number of nitro groups is 1. The van der Waals surface area contributed by atoms with Crippen LogP contribution >= 0.6 is 0 Å². The van der Waals surface area contributed by atoms with Crippen molar-refractivity contribution in [1.82, 2.24) is 0 Å². The lowest BCUT2D eigenvalue weighted by atomic mass is 9.94. The zero-order valence-corrected chi connectivity index (χ0v) is 19.6. The number of rotatable bonds is 7. The van der Waals surface area contributed by atoms with E-state index < -0.39 is 28.4 Å². The summed E-state index contributed by atoms with van der Waals surface area (Å²) in [7, 11) is 4.44. The molecule has 0 unspecified atom stereocenters. The Morgan fingerprint density at radius 2 is 1.50 bits per heavy atom. The zero-order valence-electron chi connectivity index (χ0n) is 19.6. The lowest BCUT2D eigenvalue weighted by molar-refractivity contribution is -0.384. The first kappa shape index (κ1) is 24.3. The van der Waals surface area contributed by atoms with E-state index >= 15 is 0 Å². The molecular formula is C26H22N2O8. The molecule has 184 valence electrons. The monoisotopic (exact) mass is 490 g/mol. The molecule has 36 heavy (non-hydrogen) atoms. The van der Waals surface area contributed by atoms with Gasteiger partial charge in [0, 0.05) is 35.0 Å². The average Bonchev–Trinajstić information content (AvgIpc) is 3.17. The molecule has 0 saturated carbocycles. The van der Waals surface area contributed by atoms with E-state index in [2.05, 4.69) is 0 Å². The SMILES string of the molecule is COc1ccc(N2C(=O)C(=O)C(=C(O)c3ccc([N+](=O)[O-])cc3)[C@@H]2c2ccc(OC)cc2OC)cc1. The maximum absolute atomic E-state index is 13.3. The van der Waals surface area contributed by atoms with Crippen molar-refractivity contribution in [2.24, 2.45) is 0 Å². The van der Waals surface area contributed by atoms with E-state index in [-0.39, 0.29) is 16.8 Å². The minimum atomic E-state index is -1.06. The van der Waals surface area contributed by atoms with Crippen molar-refractivity contribution in [2.45, 2.75) is 6.04 Å². The van der Waals surface area contributed by atoms with Gasteiger partial charge < -0.3 is 19.3 Å². The number of nitro benzene ring substituents is 1. The molecule has 1 aliphatic heterocycles. The van der Waals surface area contributed by atoms with Crippen molar-refractivity contribution in [3.8, 4) is 17.2 Å². The number of benzene rings is 3. The molecule has 10 heteroatoms. The van der Waals surface area contributed by atoms with Gasteiger partial charge in [0.2, 0.25) is 0 Å². The molecule has 0 aromatic heterocycles. The average molecular weight is 490 g/mol. The van der Waals surface area contributed by atoms with Crippen LogP contribution < -0.4 is 19.1 Å². The van der Waals surface area contributed by atoms with E-state index in [1.807, 2.05) is 0 Å². The number of anilines is 1. The highest BCUT2D eigenvalue weighted by Crippen LogP contribution is 2.46. The summed E-state index contributed by atoms with van der Waals surface area (Å²) in [4.78, 5) is 38.3. The van der Waals surface area contributed by atoms with E-state index in [1.54, 1.807) is 42.5 Å². The molecule has 4 rings (SSSR count). The number of aliphatic hydroxyl groups is 1. The third-order valence-corrected chi connectivity index (χ3v) is 5.88. The number of carbonyl (C=O) groups is 2. The topological polar surface area (TPSA) is 128 Å². The molecule has 1 aliphatic rings. The quantitative estimate of drug-likeness (QED) is 0.171. The van der Waals surface area contributed by atoms with Gasteiger partial charge in [-0.25, -0.2) is 0 Å². The maximum Gasteiger partial charge on any atom is 0.300 e. The van der Waals surface area contributed by atoms with Gasteiger partial charge in [-0.15, -0.1) is 0 Å². The molecule has 10 nitrogen and oxygen atoms in total. The number of methoxy groups -OCH3 is 3. The summed E-state index contributed by atoms with van der Waals surface area (Å²) in [5, 5.41) is 22.2. The van der Waals surface area contributed by atoms with Gasteiger partial charge in [0.15, 0.2) is 0 Å². The number of non-ortho nitro benzene ring substituents is 1. The van der Waals surface area contributed by atoms with Crippen LogP contribution in [0.15, 0.2) is 72.3 Å². The third kappa shape index (κ3) is 4.20. The Labute approximate surface area is 206 Å². The fraction of sp³-hybridized carbons (Fsp3) is 0.154. The van der Waals surface area contributed by atoms with Crippen LogP contribution in [0.4, 0.5) is 11.4 Å². The van der Waals surface area contributed by atoms with Crippen LogP contribution in [0.3, 0.4) is 0 Å². The van der Waals surface area contributed by atoms with Crippen molar-refractivity contribution in [3.63, 3.8) is 0 Å². The molecule has 1 N–H and O–H groups in total. The first-order chi connectivity index (χ1) is 17.3. The number of nitrogens with zero attached hydrogens (tertiary/aromatic N) is 2. The minimum Gasteiger partial charge on any atom is -0.507 e. The number of aliphatic hydroxyl groups excluding tert-OH is 1. The fourth-order valence-electron chi connectivity index (χ4n) is 4.08. The smallest absolute Gasteiger partial charge is 0.300 e. The highest BCUT2D eigenvalue weighted by molar-refractivity contribution is 6.51. The number of carbonyl (C=O) groups excluding carboxylic acids is 2. The van der Waals surface area contributed by atoms with Gasteiger partial charge in [-0.1, -0.05) is 0 Å². The number of ketones is 1. The van der Waals surface area contributed by atoms with E-state index in [0.717, 1.165) is 0 Å². The van der Waals surface area contributed by atoms with E-state index in [9.17, 15) is 24.8 Å². The van der Waals surface area contributed by atoms with Gasteiger partial charge in [0.25, 0.3) is 17.4 Å². The highest BCUT2D eigenvalue weighted by atomic mass is 16.6. The summed E-state index contributed by atoms with van der Waals surface area (Å²) < 4.78 is 16.0. The Balaban J connectivity index is 1.95. The second-order valence-electron chi connectivity index (χ2n) is 7.78. The van der Waals surface area contributed by atoms with Crippen molar-refractivity contribution >= 4 is 28.8 Å². The molecule has 1 atom stereocenters. The normalized spacial score (nSPS) is 16.6. The summed E-state index contributed by atoms with van der Waals surface area (Å²) >= 11 is 0. The molecule has 0 bridgehead atoms.